The molecule has 0 saturated carbocycles. The average Bonchev–Trinajstić information content (AvgIpc) is 2.19. The SMILES string of the molecule is CCCN=C(NCCCN(C)C)OC(C)C. The molecule has 0 fully saturated rings. The van der Waals surface area contributed by atoms with Gasteiger partial charge in [0.2, 0.25) is 0 Å². The second kappa shape index (κ2) is 9.46. The summed E-state index contributed by atoms with van der Waals surface area (Å²) in [6, 6.07) is 0.690. The summed E-state index contributed by atoms with van der Waals surface area (Å²) in [5, 5.41) is 3.24. The highest BCUT2D eigenvalue weighted by molar-refractivity contribution is 5.73. The number of nitrogens with zero attached hydrogens (tertiary/aromatic N) is 2. The minimum absolute atomic E-state index is 0.178. The van der Waals surface area contributed by atoms with E-state index in [1.54, 1.807) is 0 Å². The van der Waals surface area contributed by atoms with Crippen LogP contribution in [0, 0.1) is 0 Å². The largest absolute Gasteiger partial charge is 0.463 e. The highest BCUT2D eigenvalue weighted by Gasteiger charge is 2.02. The number of hydrogen-bond donors (Lipinski definition) is 1. The van der Waals surface area contributed by atoms with Gasteiger partial charge >= 0.3 is 0 Å². The molecular weight excluding hydrogens is 202 g/mol. The molecule has 96 valence electrons. The molecule has 0 aromatic rings. The van der Waals surface area contributed by atoms with E-state index in [9.17, 15) is 0 Å². The Kier molecular flexibility index (Phi) is 9.00. The predicted octanol–water partition coefficient (Wildman–Crippen LogP) is 1.72. The van der Waals surface area contributed by atoms with E-state index in [1.807, 2.05) is 13.8 Å². The Morgan fingerprint density at radius 3 is 2.56 bits per heavy atom. The normalized spacial score (nSPS) is 12.3. The molecule has 0 aromatic heterocycles. The fourth-order valence-corrected chi connectivity index (χ4v) is 1.16. The second-order valence-corrected chi connectivity index (χ2v) is 4.44. The van der Waals surface area contributed by atoms with Gasteiger partial charge in [-0.15, -0.1) is 0 Å². The summed E-state index contributed by atoms with van der Waals surface area (Å²) in [5.74, 6) is 0. The maximum absolute atomic E-state index is 5.58. The van der Waals surface area contributed by atoms with Gasteiger partial charge in [-0.3, -0.25) is 0 Å². The van der Waals surface area contributed by atoms with Gasteiger partial charge in [-0.1, -0.05) is 6.92 Å². The highest BCUT2D eigenvalue weighted by Crippen LogP contribution is 1.91. The molecule has 0 aromatic carbocycles. The lowest BCUT2D eigenvalue weighted by atomic mass is 10.4. The summed E-state index contributed by atoms with van der Waals surface area (Å²) in [6.07, 6.45) is 2.32. The second-order valence-electron chi connectivity index (χ2n) is 4.44. The van der Waals surface area contributed by atoms with Crippen LogP contribution in [0.15, 0.2) is 4.99 Å². The average molecular weight is 229 g/mol. The standard InChI is InChI=1S/C12H27N3O/c1-6-8-13-12(16-11(2)3)14-9-7-10-15(4)5/h11H,6-10H2,1-5H3,(H,13,14). The molecule has 0 unspecified atom stereocenters. The van der Waals surface area contributed by atoms with Crippen LogP contribution in [0.3, 0.4) is 0 Å². The van der Waals surface area contributed by atoms with Crippen LogP contribution in [0.1, 0.15) is 33.6 Å². The molecule has 0 aliphatic carbocycles. The van der Waals surface area contributed by atoms with E-state index >= 15 is 0 Å². The quantitative estimate of drug-likeness (QED) is 0.410. The van der Waals surface area contributed by atoms with Crippen molar-refractivity contribution in [3.63, 3.8) is 0 Å². The van der Waals surface area contributed by atoms with Crippen molar-refractivity contribution in [3.8, 4) is 0 Å². The Labute approximate surface area is 100 Å². The minimum Gasteiger partial charge on any atom is -0.463 e. The molecule has 0 heterocycles. The lowest BCUT2D eigenvalue weighted by molar-refractivity contribution is 0.215. The maximum atomic E-state index is 5.58. The molecule has 4 nitrogen and oxygen atoms in total. The van der Waals surface area contributed by atoms with E-state index in [-0.39, 0.29) is 6.10 Å². The van der Waals surface area contributed by atoms with Crippen molar-refractivity contribution in [3.05, 3.63) is 0 Å². The van der Waals surface area contributed by atoms with Gasteiger partial charge in [0.1, 0.15) is 0 Å². The zero-order valence-corrected chi connectivity index (χ0v) is 11.4. The number of hydrogen-bond acceptors (Lipinski definition) is 3. The fourth-order valence-electron chi connectivity index (χ4n) is 1.16. The van der Waals surface area contributed by atoms with E-state index in [1.165, 1.54) is 0 Å². The third-order valence-electron chi connectivity index (χ3n) is 1.88. The summed E-state index contributed by atoms with van der Waals surface area (Å²) in [5.41, 5.74) is 0. The van der Waals surface area contributed by atoms with Crippen molar-refractivity contribution >= 4 is 6.02 Å². The Balaban J connectivity index is 3.83. The third kappa shape index (κ3) is 9.77. The summed E-state index contributed by atoms with van der Waals surface area (Å²) in [6.45, 7) is 8.96. The number of rotatable bonds is 7. The van der Waals surface area contributed by atoms with Crippen LogP contribution in [-0.2, 0) is 4.74 Å². The Bertz CT molecular complexity index is 191. The molecule has 0 rings (SSSR count). The van der Waals surface area contributed by atoms with Gasteiger partial charge in [0.05, 0.1) is 6.10 Å². The van der Waals surface area contributed by atoms with E-state index in [0.29, 0.717) is 6.02 Å². The van der Waals surface area contributed by atoms with Crippen molar-refractivity contribution in [2.45, 2.75) is 39.7 Å². The van der Waals surface area contributed by atoms with E-state index < -0.39 is 0 Å². The first-order valence-electron chi connectivity index (χ1n) is 6.16. The van der Waals surface area contributed by atoms with Crippen molar-refractivity contribution < 1.29 is 4.74 Å². The zero-order valence-electron chi connectivity index (χ0n) is 11.4. The molecule has 0 aliphatic rings. The molecule has 16 heavy (non-hydrogen) atoms. The maximum Gasteiger partial charge on any atom is 0.284 e. The molecule has 0 radical (unpaired) electrons. The first-order valence-corrected chi connectivity index (χ1v) is 6.16. The van der Waals surface area contributed by atoms with Gasteiger partial charge in [0.25, 0.3) is 6.02 Å². The van der Waals surface area contributed by atoms with Crippen LogP contribution in [0.4, 0.5) is 0 Å². The first-order chi connectivity index (χ1) is 7.56. The summed E-state index contributed by atoms with van der Waals surface area (Å²) < 4.78 is 5.58. The molecule has 0 spiro atoms. The van der Waals surface area contributed by atoms with Crippen molar-refractivity contribution in [2.24, 2.45) is 4.99 Å². The van der Waals surface area contributed by atoms with Gasteiger partial charge in [-0.05, 0) is 47.3 Å². The topological polar surface area (TPSA) is 36.9 Å². The molecule has 0 amide bonds. The van der Waals surface area contributed by atoms with Crippen LogP contribution in [0.25, 0.3) is 0 Å². The molecule has 0 saturated heterocycles. The predicted molar refractivity (Wildman–Crippen MR) is 70.0 cm³/mol. The lowest BCUT2D eigenvalue weighted by Gasteiger charge is -2.15. The minimum atomic E-state index is 0.178. The smallest absolute Gasteiger partial charge is 0.284 e. The zero-order chi connectivity index (χ0) is 12.4. The van der Waals surface area contributed by atoms with E-state index in [4.69, 9.17) is 4.74 Å². The van der Waals surface area contributed by atoms with E-state index in [2.05, 4.69) is 36.2 Å². The van der Waals surface area contributed by atoms with Crippen LogP contribution in [0.5, 0.6) is 0 Å². The van der Waals surface area contributed by atoms with Crippen LogP contribution >= 0.6 is 0 Å². The van der Waals surface area contributed by atoms with Gasteiger partial charge in [0, 0.05) is 13.1 Å². The molecule has 1 N–H and O–H groups in total. The number of ether oxygens (including phenoxy) is 1. The highest BCUT2D eigenvalue weighted by atomic mass is 16.5. The molecule has 0 bridgehead atoms. The molecule has 0 aliphatic heterocycles. The first kappa shape index (κ1) is 15.2. The third-order valence-corrected chi connectivity index (χ3v) is 1.88. The van der Waals surface area contributed by atoms with Crippen LogP contribution < -0.4 is 5.32 Å². The lowest BCUT2D eigenvalue weighted by Crippen LogP contribution is -2.31. The van der Waals surface area contributed by atoms with Crippen LogP contribution in [0.2, 0.25) is 0 Å². The Hall–Kier alpha value is -0.770. The molecule has 0 atom stereocenters. The number of aliphatic imine (C=N–C) groups is 1. The summed E-state index contributed by atoms with van der Waals surface area (Å²) in [7, 11) is 4.16. The van der Waals surface area contributed by atoms with Crippen LogP contribution in [-0.4, -0.2) is 50.8 Å². The number of nitrogens with one attached hydrogen (secondary N) is 1. The Morgan fingerprint density at radius 1 is 1.38 bits per heavy atom. The summed E-state index contributed by atoms with van der Waals surface area (Å²) >= 11 is 0. The fraction of sp³-hybridized carbons (Fsp3) is 0.917. The van der Waals surface area contributed by atoms with Crippen molar-refractivity contribution in [1.29, 1.82) is 0 Å². The van der Waals surface area contributed by atoms with Gasteiger partial charge in [-0.2, -0.15) is 0 Å². The van der Waals surface area contributed by atoms with Crippen molar-refractivity contribution in [2.75, 3.05) is 33.7 Å². The molecular formula is C12H27N3O. The van der Waals surface area contributed by atoms with Gasteiger partial charge in [-0.25, -0.2) is 4.99 Å². The van der Waals surface area contributed by atoms with Gasteiger partial charge in [0.15, 0.2) is 0 Å². The van der Waals surface area contributed by atoms with Crippen molar-refractivity contribution in [1.82, 2.24) is 10.2 Å². The Morgan fingerprint density at radius 2 is 2.06 bits per heavy atom. The van der Waals surface area contributed by atoms with Gasteiger partial charge < -0.3 is 15.0 Å². The summed E-state index contributed by atoms with van der Waals surface area (Å²) in [4.78, 5) is 6.54. The number of amidine groups is 1. The molecule has 4 heteroatoms. The van der Waals surface area contributed by atoms with E-state index in [0.717, 1.165) is 32.5 Å². The monoisotopic (exact) mass is 229 g/mol.